The van der Waals surface area contributed by atoms with E-state index in [9.17, 15) is 4.79 Å². The summed E-state index contributed by atoms with van der Waals surface area (Å²) < 4.78 is 2.00. The van der Waals surface area contributed by atoms with Gasteiger partial charge in [0, 0.05) is 37.6 Å². The van der Waals surface area contributed by atoms with Crippen LogP contribution >= 0.6 is 0 Å². The van der Waals surface area contributed by atoms with E-state index in [2.05, 4.69) is 10.00 Å². The molecule has 0 aliphatic carbocycles. The van der Waals surface area contributed by atoms with E-state index < -0.39 is 0 Å². The molecule has 1 aromatic carbocycles. The van der Waals surface area contributed by atoms with Crippen LogP contribution in [0.1, 0.15) is 22.0 Å². The Morgan fingerprint density at radius 3 is 2.89 bits per heavy atom. The van der Waals surface area contributed by atoms with E-state index in [-0.39, 0.29) is 5.91 Å². The normalized spacial score (nSPS) is 16.2. The van der Waals surface area contributed by atoms with E-state index in [0.29, 0.717) is 11.6 Å². The zero-order valence-electron chi connectivity index (χ0n) is 10.6. The lowest BCUT2D eigenvalue weighted by Crippen LogP contribution is -2.47. The minimum atomic E-state index is -0.375. The van der Waals surface area contributed by atoms with E-state index in [4.69, 9.17) is 5.73 Å². The van der Waals surface area contributed by atoms with E-state index in [0.717, 1.165) is 25.2 Å². The molecule has 0 bridgehead atoms. The first-order chi connectivity index (χ1) is 9.22. The van der Waals surface area contributed by atoms with Gasteiger partial charge in [0.1, 0.15) is 0 Å². The average molecular weight is 256 g/mol. The van der Waals surface area contributed by atoms with Gasteiger partial charge in [0.05, 0.1) is 6.04 Å². The number of carbonyl (C=O) groups is 1. The maximum Gasteiger partial charge on any atom is 0.248 e. The molecule has 1 aliphatic rings. The number of hydrogen-bond acceptors (Lipinski definition) is 3. The van der Waals surface area contributed by atoms with E-state index >= 15 is 0 Å². The molecule has 98 valence electrons. The van der Waals surface area contributed by atoms with Crippen LogP contribution in [0.15, 0.2) is 42.7 Å². The smallest absolute Gasteiger partial charge is 0.248 e. The molecule has 1 fully saturated rings. The Labute approximate surface area is 111 Å². The van der Waals surface area contributed by atoms with Crippen LogP contribution in [-0.4, -0.2) is 33.7 Å². The molecule has 3 rings (SSSR count). The summed E-state index contributed by atoms with van der Waals surface area (Å²) >= 11 is 0. The van der Waals surface area contributed by atoms with Crippen molar-refractivity contribution in [2.24, 2.45) is 5.73 Å². The summed E-state index contributed by atoms with van der Waals surface area (Å²) in [4.78, 5) is 13.5. The van der Waals surface area contributed by atoms with E-state index in [1.54, 1.807) is 12.3 Å². The second-order valence-electron chi connectivity index (χ2n) is 4.90. The van der Waals surface area contributed by atoms with Crippen molar-refractivity contribution in [1.29, 1.82) is 0 Å². The number of primary amides is 1. The molecule has 5 nitrogen and oxygen atoms in total. The number of rotatable bonds is 4. The van der Waals surface area contributed by atoms with Crippen LogP contribution in [0.2, 0.25) is 0 Å². The van der Waals surface area contributed by atoms with Crippen molar-refractivity contribution >= 4 is 5.91 Å². The minimum absolute atomic E-state index is 0.375. The van der Waals surface area contributed by atoms with Crippen molar-refractivity contribution in [3.8, 4) is 0 Å². The number of nitrogens with zero attached hydrogens (tertiary/aromatic N) is 3. The number of nitrogens with two attached hydrogens (primary N) is 1. The fourth-order valence-electron chi connectivity index (χ4n) is 2.42. The summed E-state index contributed by atoms with van der Waals surface area (Å²) in [5, 5.41) is 4.25. The van der Waals surface area contributed by atoms with Crippen LogP contribution in [0, 0.1) is 0 Å². The first-order valence-corrected chi connectivity index (χ1v) is 6.32. The fourth-order valence-corrected chi connectivity index (χ4v) is 2.42. The molecule has 0 saturated carbocycles. The Kier molecular flexibility index (Phi) is 3.05. The molecule has 0 spiro atoms. The molecule has 0 atom stereocenters. The lowest BCUT2D eigenvalue weighted by molar-refractivity contribution is 0.0907. The molecule has 2 aromatic rings. The predicted molar refractivity (Wildman–Crippen MR) is 71.5 cm³/mol. The summed E-state index contributed by atoms with van der Waals surface area (Å²) in [6, 6.07) is 9.92. The summed E-state index contributed by atoms with van der Waals surface area (Å²) in [7, 11) is 0. The maximum atomic E-state index is 11.1. The van der Waals surface area contributed by atoms with Crippen molar-refractivity contribution in [3.05, 3.63) is 53.9 Å². The zero-order chi connectivity index (χ0) is 13.2. The van der Waals surface area contributed by atoms with Gasteiger partial charge in [-0.15, -0.1) is 0 Å². The highest BCUT2D eigenvalue weighted by Gasteiger charge is 2.28. The molecule has 5 heteroatoms. The molecular weight excluding hydrogens is 240 g/mol. The quantitative estimate of drug-likeness (QED) is 0.889. The first-order valence-electron chi connectivity index (χ1n) is 6.32. The molecule has 19 heavy (non-hydrogen) atoms. The van der Waals surface area contributed by atoms with Crippen LogP contribution in [0.4, 0.5) is 0 Å². The van der Waals surface area contributed by atoms with Crippen LogP contribution in [0.5, 0.6) is 0 Å². The topological polar surface area (TPSA) is 64.2 Å². The van der Waals surface area contributed by atoms with Gasteiger partial charge in [0.2, 0.25) is 5.91 Å². The highest BCUT2D eigenvalue weighted by Crippen LogP contribution is 2.22. The van der Waals surface area contributed by atoms with Gasteiger partial charge in [-0.1, -0.05) is 12.1 Å². The van der Waals surface area contributed by atoms with Crippen molar-refractivity contribution in [3.63, 3.8) is 0 Å². The standard InChI is InChI=1S/C14H16N4O/c15-14(19)12-4-1-3-11(7-12)8-17-9-13(10-17)18-6-2-5-16-18/h1-7,13H,8-10H2,(H2,15,19). The number of benzene rings is 1. The number of aromatic nitrogens is 2. The monoisotopic (exact) mass is 256 g/mol. The van der Waals surface area contributed by atoms with Gasteiger partial charge in [-0.2, -0.15) is 5.10 Å². The molecule has 2 heterocycles. The molecule has 1 aromatic heterocycles. The van der Waals surface area contributed by atoms with Crippen LogP contribution in [-0.2, 0) is 6.54 Å². The number of carbonyl (C=O) groups excluding carboxylic acids is 1. The highest BCUT2D eigenvalue weighted by atomic mass is 16.1. The molecule has 0 unspecified atom stereocenters. The minimum Gasteiger partial charge on any atom is -0.366 e. The second kappa shape index (κ2) is 4.85. The van der Waals surface area contributed by atoms with Gasteiger partial charge in [-0.3, -0.25) is 14.4 Å². The first kappa shape index (κ1) is 11.9. The number of hydrogen-bond donors (Lipinski definition) is 1. The third-order valence-electron chi connectivity index (χ3n) is 3.45. The maximum absolute atomic E-state index is 11.1. The van der Waals surface area contributed by atoms with Gasteiger partial charge >= 0.3 is 0 Å². The Morgan fingerprint density at radius 2 is 2.21 bits per heavy atom. The number of likely N-dealkylation sites (tertiary alicyclic amines) is 1. The van der Waals surface area contributed by atoms with Gasteiger partial charge < -0.3 is 5.73 Å². The Morgan fingerprint density at radius 1 is 1.37 bits per heavy atom. The lowest BCUT2D eigenvalue weighted by atomic mass is 10.1. The van der Waals surface area contributed by atoms with Crippen LogP contribution in [0.25, 0.3) is 0 Å². The van der Waals surface area contributed by atoms with Crippen LogP contribution in [0.3, 0.4) is 0 Å². The Balaban J connectivity index is 1.59. The van der Waals surface area contributed by atoms with Gasteiger partial charge in [0.25, 0.3) is 0 Å². The third-order valence-corrected chi connectivity index (χ3v) is 3.45. The number of amides is 1. The molecule has 1 saturated heterocycles. The van der Waals surface area contributed by atoms with Crippen molar-refractivity contribution in [2.75, 3.05) is 13.1 Å². The SMILES string of the molecule is NC(=O)c1cccc(CN2CC(n3cccn3)C2)c1. The molecular formula is C14H16N4O. The van der Waals surface area contributed by atoms with Gasteiger partial charge in [0.15, 0.2) is 0 Å². The fraction of sp³-hybridized carbons (Fsp3) is 0.286. The lowest BCUT2D eigenvalue weighted by Gasteiger charge is -2.39. The Bertz CT molecular complexity index is 573. The summed E-state index contributed by atoms with van der Waals surface area (Å²) in [5.74, 6) is -0.375. The van der Waals surface area contributed by atoms with Crippen molar-refractivity contribution in [1.82, 2.24) is 14.7 Å². The Hall–Kier alpha value is -2.14. The van der Waals surface area contributed by atoms with Gasteiger partial charge in [-0.25, -0.2) is 0 Å². The van der Waals surface area contributed by atoms with E-state index in [1.807, 2.05) is 35.1 Å². The van der Waals surface area contributed by atoms with E-state index in [1.165, 1.54) is 0 Å². The predicted octanol–water partition coefficient (Wildman–Crippen LogP) is 1.04. The van der Waals surface area contributed by atoms with Gasteiger partial charge in [-0.05, 0) is 23.8 Å². The average Bonchev–Trinajstić information content (AvgIpc) is 2.87. The molecule has 1 aliphatic heterocycles. The van der Waals surface area contributed by atoms with Crippen molar-refractivity contribution < 1.29 is 4.79 Å². The highest BCUT2D eigenvalue weighted by molar-refractivity contribution is 5.92. The molecule has 0 radical (unpaired) electrons. The molecule has 2 N–H and O–H groups in total. The summed E-state index contributed by atoms with van der Waals surface area (Å²) in [5.41, 5.74) is 6.97. The largest absolute Gasteiger partial charge is 0.366 e. The van der Waals surface area contributed by atoms with Crippen molar-refractivity contribution in [2.45, 2.75) is 12.6 Å². The second-order valence-corrected chi connectivity index (χ2v) is 4.90. The zero-order valence-corrected chi connectivity index (χ0v) is 10.6. The summed E-state index contributed by atoms with van der Waals surface area (Å²) in [6.45, 7) is 2.82. The summed E-state index contributed by atoms with van der Waals surface area (Å²) in [6.07, 6.45) is 3.80. The van der Waals surface area contributed by atoms with Crippen LogP contribution < -0.4 is 5.73 Å². The third kappa shape index (κ3) is 2.51. The molecule has 1 amide bonds.